The summed E-state index contributed by atoms with van der Waals surface area (Å²) in [6.07, 6.45) is 0. The third-order valence-electron chi connectivity index (χ3n) is 2.03. The Hall–Kier alpha value is -1.33. The van der Waals surface area contributed by atoms with E-state index in [1.807, 2.05) is 38.1 Å². The highest BCUT2D eigenvalue weighted by molar-refractivity contribution is 5.33. The first-order chi connectivity index (χ1) is 5.65. The molecular weight excluding hydrogens is 148 g/mol. The van der Waals surface area contributed by atoms with Gasteiger partial charge in [-0.25, -0.2) is 0 Å². The first kappa shape index (κ1) is 8.76. The maximum absolute atomic E-state index is 8.57. The molecule has 1 unspecified atom stereocenters. The smallest absolute Gasteiger partial charge is 0.118 e. The molecule has 0 saturated carbocycles. The monoisotopic (exact) mass is 160 g/mol. The molecule has 12 heavy (non-hydrogen) atoms. The van der Waals surface area contributed by atoms with Crippen LogP contribution < -0.4 is 5.73 Å². The Morgan fingerprint density at radius 1 is 1.33 bits per heavy atom. The third-order valence-corrected chi connectivity index (χ3v) is 2.03. The standard InChI is InChI=1S/C10H12N2/c1-7-3-4-9(5-8(7)2)10(12)6-11/h3-5,10H,12H2,1-2H3. The molecule has 62 valence electrons. The molecule has 0 fully saturated rings. The summed E-state index contributed by atoms with van der Waals surface area (Å²) in [7, 11) is 0. The Bertz CT molecular complexity index is 323. The van der Waals surface area contributed by atoms with E-state index in [1.54, 1.807) is 0 Å². The first-order valence-corrected chi connectivity index (χ1v) is 3.87. The molecule has 0 spiro atoms. The second-order valence-electron chi connectivity index (χ2n) is 2.95. The van der Waals surface area contributed by atoms with Gasteiger partial charge in [0.15, 0.2) is 0 Å². The van der Waals surface area contributed by atoms with Crippen molar-refractivity contribution in [1.29, 1.82) is 5.26 Å². The summed E-state index contributed by atoms with van der Waals surface area (Å²) in [5.41, 5.74) is 8.85. The molecular formula is C10H12N2. The minimum atomic E-state index is -0.496. The number of hydrogen-bond acceptors (Lipinski definition) is 2. The predicted molar refractivity (Wildman–Crippen MR) is 48.5 cm³/mol. The fraction of sp³-hybridized carbons (Fsp3) is 0.300. The Morgan fingerprint density at radius 3 is 2.50 bits per heavy atom. The predicted octanol–water partition coefficient (Wildman–Crippen LogP) is 1.83. The van der Waals surface area contributed by atoms with Crippen molar-refractivity contribution in [3.05, 3.63) is 34.9 Å². The highest BCUT2D eigenvalue weighted by atomic mass is 14.6. The van der Waals surface area contributed by atoms with Gasteiger partial charge in [-0.05, 0) is 30.5 Å². The topological polar surface area (TPSA) is 49.8 Å². The first-order valence-electron chi connectivity index (χ1n) is 3.87. The second-order valence-corrected chi connectivity index (χ2v) is 2.95. The quantitative estimate of drug-likeness (QED) is 0.681. The van der Waals surface area contributed by atoms with E-state index in [4.69, 9.17) is 11.0 Å². The normalized spacial score (nSPS) is 12.2. The van der Waals surface area contributed by atoms with E-state index >= 15 is 0 Å². The van der Waals surface area contributed by atoms with Gasteiger partial charge in [0, 0.05) is 0 Å². The van der Waals surface area contributed by atoms with Crippen LogP contribution in [-0.4, -0.2) is 0 Å². The maximum Gasteiger partial charge on any atom is 0.118 e. The van der Waals surface area contributed by atoms with Gasteiger partial charge < -0.3 is 5.73 Å². The van der Waals surface area contributed by atoms with Crippen molar-refractivity contribution < 1.29 is 0 Å². The van der Waals surface area contributed by atoms with Crippen LogP contribution in [0.2, 0.25) is 0 Å². The van der Waals surface area contributed by atoms with E-state index < -0.39 is 6.04 Å². The molecule has 1 aromatic rings. The second kappa shape index (κ2) is 3.38. The van der Waals surface area contributed by atoms with Crippen molar-refractivity contribution in [2.45, 2.75) is 19.9 Å². The van der Waals surface area contributed by atoms with Gasteiger partial charge in [-0.15, -0.1) is 0 Å². The van der Waals surface area contributed by atoms with Crippen LogP contribution in [0.3, 0.4) is 0 Å². The van der Waals surface area contributed by atoms with Gasteiger partial charge in [-0.2, -0.15) is 5.26 Å². The van der Waals surface area contributed by atoms with E-state index in [0.717, 1.165) is 5.56 Å². The fourth-order valence-corrected chi connectivity index (χ4v) is 1.03. The van der Waals surface area contributed by atoms with Gasteiger partial charge in [-0.1, -0.05) is 18.2 Å². The van der Waals surface area contributed by atoms with Crippen molar-refractivity contribution >= 4 is 0 Å². The van der Waals surface area contributed by atoms with E-state index in [0.29, 0.717) is 0 Å². The molecule has 1 atom stereocenters. The average molecular weight is 160 g/mol. The van der Waals surface area contributed by atoms with Crippen LogP contribution in [0.1, 0.15) is 22.7 Å². The minimum absolute atomic E-state index is 0.496. The number of nitriles is 1. The zero-order chi connectivity index (χ0) is 9.14. The molecule has 0 aliphatic rings. The molecule has 0 aliphatic heterocycles. The van der Waals surface area contributed by atoms with Crippen LogP contribution >= 0.6 is 0 Å². The van der Waals surface area contributed by atoms with E-state index in [1.165, 1.54) is 11.1 Å². The molecule has 2 nitrogen and oxygen atoms in total. The highest BCUT2D eigenvalue weighted by Crippen LogP contribution is 2.14. The zero-order valence-corrected chi connectivity index (χ0v) is 7.33. The third kappa shape index (κ3) is 1.63. The lowest BCUT2D eigenvalue weighted by Crippen LogP contribution is -2.07. The van der Waals surface area contributed by atoms with Crippen LogP contribution in [-0.2, 0) is 0 Å². The summed E-state index contributed by atoms with van der Waals surface area (Å²) in [5.74, 6) is 0. The van der Waals surface area contributed by atoms with Crippen molar-refractivity contribution in [1.82, 2.24) is 0 Å². The largest absolute Gasteiger partial charge is 0.312 e. The van der Waals surface area contributed by atoms with Crippen molar-refractivity contribution in [3.63, 3.8) is 0 Å². The summed E-state index contributed by atoms with van der Waals surface area (Å²) in [4.78, 5) is 0. The molecule has 0 aliphatic carbocycles. The molecule has 1 aromatic carbocycles. The Balaban J connectivity index is 3.06. The van der Waals surface area contributed by atoms with Gasteiger partial charge >= 0.3 is 0 Å². The van der Waals surface area contributed by atoms with Gasteiger partial charge in [0.1, 0.15) is 6.04 Å². The molecule has 0 aromatic heterocycles. The molecule has 2 heteroatoms. The molecule has 0 radical (unpaired) electrons. The van der Waals surface area contributed by atoms with Gasteiger partial charge in [-0.3, -0.25) is 0 Å². The molecule has 1 rings (SSSR count). The van der Waals surface area contributed by atoms with Crippen LogP contribution in [0.25, 0.3) is 0 Å². The summed E-state index contributed by atoms with van der Waals surface area (Å²) in [5, 5.41) is 8.57. The molecule has 0 heterocycles. The number of benzene rings is 1. The summed E-state index contributed by atoms with van der Waals surface area (Å²) < 4.78 is 0. The number of rotatable bonds is 1. The van der Waals surface area contributed by atoms with Crippen LogP contribution in [0.4, 0.5) is 0 Å². The van der Waals surface area contributed by atoms with Gasteiger partial charge in [0.25, 0.3) is 0 Å². The lowest BCUT2D eigenvalue weighted by molar-refractivity contribution is 0.922. The molecule has 0 amide bonds. The Labute approximate surface area is 72.6 Å². The van der Waals surface area contributed by atoms with Crippen LogP contribution in [0.5, 0.6) is 0 Å². The van der Waals surface area contributed by atoms with E-state index in [2.05, 4.69) is 0 Å². The van der Waals surface area contributed by atoms with Gasteiger partial charge in [0.05, 0.1) is 6.07 Å². The summed E-state index contributed by atoms with van der Waals surface area (Å²) in [6.45, 7) is 4.06. The lowest BCUT2D eigenvalue weighted by Gasteiger charge is -2.05. The summed E-state index contributed by atoms with van der Waals surface area (Å²) >= 11 is 0. The van der Waals surface area contributed by atoms with Crippen molar-refractivity contribution in [2.24, 2.45) is 5.73 Å². The zero-order valence-electron chi connectivity index (χ0n) is 7.33. The van der Waals surface area contributed by atoms with E-state index in [-0.39, 0.29) is 0 Å². The maximum atomic E-state index is 8.57. The lowest BCUT2D eigenvalue weighted by atomic mass is 10.0. The number of hydrogen-bond donors (Lipinski definition) is 1. The van der Waals surface area contributed by atoms with Crippen molar-refractivity contribution in [2.75, 3.05) is 0 Å². The highest BCUT2D eigenvalue weighted by Gasteiger charge is 2.03. The Morgan fingerprint density at radius 2 is 2.00 bits per heavy atom. The number of nitrogens with two attached hydrogens (primary N) is 1. The number of nitrogens with zero attached hydrogens (tertiary/aromatic N) is 1. The number of aryl methyl sites for hydroxylation is 2. The molecule has 0 saturated heterocycles. The summed E-state index contributed by atoms with van der Waals surface area (Å²) in [6, 6.07) is 7.36. The minimum Gasteiger partial charge on any atom is -0.312 e. The van der Waals surface area contributed by atoms with Crippen molar-refractivity contribution in [3.8, 4) is 6.07 Å². The van der Waals surface area contributed by atoms with Crippen LogP contribution in [0, 0.1) is 25.2 Å². The van der Waals surface area contributed by atoms with Crippen LogP contribution in [0.15, 0.2) is 18.2 Å². The SMILES string of the molecule is Cc1ccc(C(N)C#N)cc1C. The van der Waals surface area contributed by atoms with Gasteiger partial charge in [0.2, 0.25) is 0 Å². The molecule has 2 N–H and O–H groups in total. The Kier molecular flexibility index (Phi) is 2.47. The van der Waals surface area contributed by atoms with E-state index in [9.17, 15) is 0 Å². The fourth-order valence-electron chi connectivity index (χ4n) is 1.03. The molecule has 0 bridgehead atoms. The average Bonchev–Trinajstić information content (AvgIpc) is 2.08.